The molecule has 2 aromatic carbocycles. The second kappa shape index (κ2) is 12.3. The van der Waals surface area contributed by atoms with E-state index in [0.29, 0.717) is 45.3 Å². The highest BCUT2D eigenvalue weighted by Gasteiger charge is 2.30. The van der Waals surface area contributed by atoms with Crippen LogP contribution in [0, 0.1) is 5.82 Å². The topological polar surface area (TPSA) is 32.6 Å². The SMILES string of the molecule is CC(=N/C(CCc1c(F)cccc1Cl)=C(/C)S)c1ccc(C(F)(F)F)cc1.CC(C)O. The van der Waals surface area contributed by atoms with Crippen LogP contribution < -0.4 is 0 Å². The van der Waals surface area contributed by atoms with Crippen molar-refractivity contribution in [2.75, 3.05) is 0 Å². The zero-order chi connectivity index (χ0) is 23.8. The summed E-state index contributed by atoms with van der Waals surface area (Å²) in [5, 5.41) is 8.40. The van der Waals surface area contributed by atoms with Gasteiger partial charge in [-0.25, -0.2) is 4.39 Å². The van der Waals surface area contributed by atoms with Gasteiger partial charge in [-0.2, -0.15) is 13.2 Å². The van der Waals surface area contributed by atoms with Crippen molar-refractivity contribution in [2.45, 2.75) is 52.8 Å². The number of aliphatic hydroxyl groups excluding tert-OH is 1. The summed E-state index contributed by atoms with van der Waals surface area (Å²) >= 11 is 10.4. The van der Waals surface area contributed by atoms with E-state index in [1.54, 1.807) is 33.8 Å². The summed E-state index contributed by atoms with van der Waals surface area (Å²) in [7, 11) is 0. The van der Waals surface area contributed by atoms with Crippen molar-refractivity contribution in [3.05, 3.63) is 80.6 Å². The summed E-state index contributed by atoms with van der Waals surface area (Å²) in [5.41, 5.74) is 1.42. The maximum absolute atomic E-state index is 13.9. The predicted molar refractivity (Wildman–Crippen MR) is 122 cm³/mol. The molecule has 0 radical (unpaired) electrons. The third-order valence-electron chi connectivity index (χ3n) is 4.02. The Hall–Kier alpha value is -1.83. The van der Waals surface area contributed by atoms with Gasteiger partial charge in [-0.15, -0.1) is 12.6 Å². The molecule has 0 saturated carbocycles. The fourth-order valence-electron chi connectivity index (χ4n) is 2.50. The summed E-state index contributed by atoms with van der Waals surface area (Å²) in [6, 6.07) is 9.29. The van der Waals surface area contributed by atoms with E-state index in [0.717, 1.165) is 12.1 Å². The molecule has 0 aliphatic heterocycles. The third-order valence-corrected chi connectivity index (χ3v) is 4.64. The number of nitrogens with zero attached hydrogens (tertiary/aromatic N) is 1. The largest absolute Gasteiger partial charge is 0.416 e. The highest BCUT2D eigenvalue weighted by Crippen LogP contribution is 2.29. The summed E-state index contributed by atoms with van der Waals surface area (Å²) < 4.78 is 51.9. The van der Waals surface area contributed by atoms with Crippen molar-refractivity contribution < 1.29 is 22.7 Å². The molecule has 0 spiro atoms. The van der Waals surface area contributed by atoms with Gasteiger partial charge in [0.1, 0.15) is 5.82 Å². The van der Waals surface area contributed by atoms with Gasteiger partial charge < -0.3 is 5.11 Å². The first kappa shape index (κ1) is 27.2. The van der Waals surface area contributed by atoms with Gasteiger partial charge in [-0.3, -0.25) is 4.99 Å². The van der Waals surface area contributed by atoms with Gasteiger partial charge in [0.05, 0.1) is 5.56 Å². The molecule has 1 N–H and O–H groups in total. The standard InChI is InChI=1S/C20H18ClF4NS.C3H8O/c1-12(14-6-8-15(9-7-14)20(23,24)25)26-19(13(2)27)11-10-16-17(21)4-3-5-18(16)22;1-3(2)4/h3-9,27H,10-11H2,1-2H3;3-4H,1-2H3/b19-13-,26-12?;. The Morgan fingerprint density at radius 1 is 1.10 bits per heavy atom. The molecule has 31 heavy (non-hydrogen) atoms. The molecule has 0 unspecified atom stereocenters. The molecule has 0 aliphatic rings. The average Bonchev–Trinajstić information content (AvgIpc) is 2.65. The zero-order valence-electron chi connectivity index (χ0n) is 17.8. The third kappa shape index (κ3) is 9.46. The molecule has 2 nitrogen and oxygen atoms in total. The Kier molecular flexibility index (Phi) is 10.8. The van der Waals surface area contributed by atoms with Crippen molar-refractivity contribution in [3.63, 3.8) is 0 Å². The lowest BCUT2D eigenvalue weighted by Gasteiger charge is -2.10. The molecule has 0 atom stereocenters. The maximum atomic E-state index is 13.9. The van der Waals surface area contributed by atoms with E-state index in [9.17, 15) is 17.6 Å². The summed E-state index contributed by atoms with van der Waals surface area (Å²) in [4.78, 5) is 5.13. The van der Waals surface area contributed by atoms with Crippen molar-refractivity contribution in [1.82, 2.24) is 0 Å². The quantitative estimate of drug-likeness (QED) is 0.262. The fraction of sp³-hybridized carbons (Fsp3) is 0.348. The normalized spacial score (nSPS) is 13.0. The molecule has 8 heteroatoms. The smallest absolute Gasteiger partial charge is 0.394 e. The highest BCUT2D eigenvalue weighted by molar-refractivity contribution is 7.84. The van der Waals surface area contributed by atoms with Crippen LogP contribution in [0.15, 0.2) is 58.1 Å². The van der Waals surface area contributed by atoms with E-state index in [4.69, 9.17) is 16.7 Å². The second-order valence-corrected chi connectivity index (χ2v) is 8.18. The zero-order valence-corrected chi connectivity index (χ0v) is 19.4. The van der Waals surface area contributed by atoms with E-state index in [2.05, 4.69) is 17.6 Å². The predicted octanol–water partition coefficient (Wildman–Crippen LogP) is 7.49. The molecule has 0 saturated heterocycles. The first-order valence-electron chi connectivity index (χ1n) is 9.55. The van der Waals surface area contributed by atoms with E-state index in [-0.39, 0.29) is 11.9 Å². The molecule has 0 amide bonds. The summed E-state index contributed by atoms with van der Waals surface area (Å²) in [6.45, 7) is 6.90. The van der Waals surface area contributed by atoms with Gasteiger partial charge in [0.15, 0.2) is 0 Å². The van der Waals surface area contributed by atoms with Crippen LogP contribution in [0.2, 0.25) is 5.02 Å². The number of hydrogen-bond donors (Lipinski definition) is 2. The van der Waals surface area contributed by atoms with Crippen molar-refractivity contribution in [2.24, 2.45) is 4.99 Å². The van der Waals surface area contributed by atoms with E-state index < -0.39 is 11.7 Å². The number of benzene rings is 2. The molecular weight excluding hydrogens is 450 g/mol. The monoisotopic (exact) mass is 475 g/mol. The highest BCUT2D eigenvalue weighted by atomic mass is 35.5. The molecule has 0 aliphatic carbocycles. The van der Waals surface area contributed by atoms with E-state index >= 15 is 0 Å². The lowest BCUT2D eigenvalue weighted by atomic mass is 10.1. The molecule has 0 aromatic heterocycles. The minimum absolute atomic E-state index is 0.167. The number of hydrogen-bond acceptors (Lipinski definition) is 3. The van der Waals surface area contributed by atoms with Crippen LogP contribution in [0.4, 0.5) is 17.6 Å². The number of thiol groups is 1. The Bertz CT molecular complexity index is 895. The van der Waals surface area contributed by atoms with Gasteiger partial charge in [0.2, 0.25) is 0 Å². The Balaban J connectivity index is 0.00000110. The Morgan fingerprint density at radius 2 is 1.65 bits per heavy atom. The summed E-state index contributed by atoms with van der Waals surface area (Å²) in [6.07, 6.45) is -3.81. The van der Waals surface area contributed by atoms with Gasteiger partial charge in [-0.05, 0) is 70.4 Å². The molecule has 2 rings (SSSR count). The van der Waals surface area contributed by atoms with Crippen LogP contribution in [0.1, 0.15) is 50.8 Å². The minimum Gasteiger partial charge on any atom is -0.394 e. The maximum Gasteiger partial charge on any atom is 0.416 e. The Labute approximate surface area is 191 Å². The number of alkyl halides is 3. The lowest BCUT2D eigenvalue weighted by Crippen LogP contribution is -2.05. The van der Waals surface area contributed by atoms with Crippen molar-refractivity contribution in [1.29, 1.82) is 0 Å². The van der Waals surface area contributed by atoms with Crippen LogP contribution >= 0.6 is 24.2 Å². The van der Waals surface area contributed by atoms with Crippen LogP contribution in [0.3, 0.4) is 0 Å². The first-order chi connectivity index (χ1) is 14.3. The van der Waals surface area contributed by atoms with Crippen LogP contribution in [0.25, 0.3) is 0 Å². The number of allylic oxidation sites excluding steroid dienone is 2. The first-order valence-corrected chi connectivity index (χ1v) is 10.4. The van der Waals surface area contributed by atoms with Crippen LogP contribution in [0.5, 0.6) is 0 Å². The van der Waals surface area contributed by atoms with Crippen molar-refractivity contribution in [3.8, 4) is 0 Å². The van der Waals surface area contributed by atoms with Gasteiger partial charge in [0, 0.05) is 33.0 Å². The lowest BCUT2D eigenvalue weighted by molar-refractivity contribution is -0.137. The van der Waals surface area contributed by atoms with Gasteiger partial charge in [-0.1, -0.05) is 29.8 Å². The fourth-order valence-corrected chi connectivity index (χ4v) is 2.92. The molecule has 0 bridgehead atoms. The van der Waals surface area contributed by atoms with Crippen molar-refractivity contribution >= 4 is 29.9 Å². The molecule has 2 aromatic rings. The number of aliphatic hydroxyl groups is 1. The minimum atomic E-state index is -4.38. The molecule has 0 heterocycles. The van der Waals surface area contributed by atoms with E-state index in [1.165, 1.54) is 24.3 Å². The summed E-state index contributed by atoms with van der Waals surface area (Å²) in [5.74, 6) is -0.387. The number of rotatable bonds is 5. The van der Waals surface area contributed by atoms with Gasteiger partial charge in [0.25, 0.3) is 0 Å². The molecule has 170 valence electrons. The molecule has 0 fully saturated rings. The Morgan fingerprint density at radius 3 is 2.10 bits per heavy atom. The average molecular weight is 476 g/mol. The van der Waals surface area contributed by atoms with Gasteiger partial charge >= 0.3 is 6.18 Å². The van der Waals surface area contributed by atoms with Crippen LogP contribution in [-0.4, -0.2) is 16.9 Å². The molecular formula is C23H26ClF4NOS. The van der Waals surface area contributed by atoms with Crippen LogP contribution in [-0.2, 0) is 12.6 Å². The number of aliphatic imine (C=N–C) groups is 1. The number of halogens is 5. The second-order valence-electron chi connectivity index (χ2n) is 7.10. The van der Waals surface area contributed by atoms with E-state index in [1.807, 2.05) is 0 Å².